The van der Waals surface area contributed by atoms with Gasteiger partial charge in [0.2, 0.25) is 5.91 Å². The molecule has 9 heteroatoms. The number of pyridine rings is 1. The molecular formula is C19H23N5O4. The van der Waals surface area contributed by atoms with Crippen molar-refractivity contribution in [2.24, 2.45) is 0 Å². The third-order valence-corrected chi connectivity index (χ3v) is 4.87. The van der Waals surface area contributed by atoms with Crippen molar-refractivity contribution in [1.29, 1.82) is 0 Å². The number of hydrogen-bond donors (Lipinski definition) is 1. The number of hydrogen-bond acceptors (Lipinski definition) is 7. The summed E-state index contributed by atoms with van der Waals surface area (Å²) < 4.78 is 5.02. The van der Waals surface area contributed by atoms with Gasteiger partial charge in [-0.2, -0.15) is 0 Å². The zero-order valence-corrected chi connectivity index (χ0v) is 15.9. The zero-order chi connectivity index (χ0) is 20.1. The number of rotatable bonds is 6. The van der Waals surface area contributed by atoms with E-state index in [2.05, 4.69) is 20.1 Å². The molecule has 2 heterocycles. The molecule has 1 aliphatic heterocycles. The average Bonchev–Trinajstić information content (AvgIpc) is 2.74. The van der Waals surface area contributed by atoms with Gasteiger partial charge in [-0.25, -0.2) is 4.98 Å². The SMILES string of the molecule is COc1ccc(NC(=O)[C@@H](C)N2CCN(c3ccccn3)CC2)c([N+](=O)[O-])c1. The van der Waals surface area contributed by atoms with Gasteiger partial charge in [-0.15, -0.1) is 0 Å². The Kier molecular flexibility index (Phi) is 6.05. The highest BCUT2D eigenvalue weighted by molar-refractivity contribution is 5.96. The molecule has 0 bridgehead atoms. The van der Waals surface area contributed by atoms with E-state index in [0.717, 1.165) is 18.9 Å². The van der Waals surface area contributed by atoms with Gasteiger partial charge in [-0.05, 0) is 31.2 Å². The molecule has 148 valence electrons. The summed E-state index contributed by atoms with van der Waals surface area (Å²) in [4.78, 5) is 32.0. The topological polar surface area (TPSA) is 101 Å². The number of nitro groups is 1. The Bertz CT molecular complexity index is 837. The maximum atomic E-state index is 12.7. The second kappa shape index (κ2) is 8.66. The van der Waals surface area contributed by atoms with Crippen molar-refractivity contribution >= 4 is 23.1 Å². The number of amides is 1. The molecule has 2 aromatic rings. The van der Waals surface area contributed by atoms with Crippen LogP contribution in [-0.4, -0.2) is 60.0 Å². The predicted octanol–water partition coefficient (Wildman–Crippen LogP) is 2.15. The van der Waals surface area contributed by atoms with Crippen LogP contribution in [0, 0.1) is 10.1 Å². The lowest BCUT2D eigenvalue weighted by Gasteiger charge is -2.37. The molecular weight excluding hydrogens is 362 g/mol. The van der Waals surface area contributed by atoms with Crippen molar-refractivity contribution in [2.45, 2.75) is 13.0 Å². The summed E-state index contributed by atoms with van der Waals surface area (Å²) in [5.74, 6) is 1.01. The molecule has 0 spiro atoms. The number of carbonyl (C=O) groups excluding carboxylic acids is 1. The minimum absolute atomic E-state index is 0.162. The van der Waals surface area contributed by atoms with Crippen molar-refractivity contribution < 1.29 is 14.5 Å². The van der Waals surface area contributed by atoms with E-state index in [1.54, 1.807) is 19.2 Å². The molecule has 0 saturated carbocycles. The first kappa shape index (κ1) is 19.6. The van der Waals surface area contributed by atoms with E-state index in [0.29, 0.717) is 18.8 Å². The Hall–Kier alpha value is -3.20. The summed E-state index contributed by atoms with van der Waals surface area (Å²) in [5.41, 5.74) is -0.0327. The summed E-state index contributed by atoms with van der Waals surface area (Å²) in [6.45, 7) is 4.74. The van der Waals surface area contributed by atoms with E-state index < -0.39 is 11.0 Å². The fourth-order valence-corrected chi connectivity index (χ4v) is 3.18. The van der Waals surface area contributed by atoms with Gasteiger partial charge >= 0.3 is 0 Å². The Balaban J connectivity index is 1.62. The van der Waals surface area contributed by atoms with Crippen LogP contribution in [0.25, 0.3) is 0 Å². The summed E-state index contributed by atoms with van der Waals surface area (Å²) in [6, 6.07) is 9.75. The van der Waals surface area contributed by atoms with E-state index in [-0.39, 0.29) is 17.3 Å². The number of nitrogens with one attached hydrogen (secondary N) is 1. The van der Waals surface area contributed by atoms with Crippen LogP contribution in [0.1, 0.15) is 6.92 Å². The maximum Gasteiger partial charge on any atom is 0.296 e. The number of piperazine rings is 1. The van der Waals surface area contributed by atoms with E-state index in [4.69, 9.17) is 4.74 Å². The Morgan fingerprint density at radius 1 is 1.25 bits per heavy atom. The molecule has 0 unspecified atom stereocenters. The zero-order valence-electron chi connectivity index (χ0n) is 15.9. The van der Waals surface area contributed by atoms with E-state index in [1.807, 2.05) is 18.2 Å². The van der Waals surface area contributed by atoms with E-state index in [1.165, 1.54) is 19.2 Å². The van der Waals surface area contributed by atoms with Crippen molar-refractivity contribution in [1.82, 2.24) is 9.88 Å². The number of nitrogens with zero attached hydrogens (tertiary/aromatic N) is 4. The van der Waals surface area contributed by atoms with E-state index in [9.17, 15) is 14.9 Å². The number of carbonyl (C=O) groups is 1. The van der Waals surface area contributed by atoms with Crippen LogP contribution in [0.15, 0.2) is 42.6 Å². The Labute approximate surface area is 163 Å². The lowest BCUT2D eigenvalue weighted by Crippen LogP contribution is -2.53. The van der Waals surface area contributed by atoms with Crippen LogP contribution in [0.4, 0.5) is 17.2 Å². The Morgan fingerprint density at radius 3 is 2.61 bits per heavy atom. The second-order valence-corrected chi connectivity index (χ2v) is 6.52. The lowest BCUT2D eigenvalue weighted by molar-refractivity contribution is -0.384. The molecule has 1 atom stereocenters. The van der Waals surface area contributed by atoms with Crippen molar-refractivity contribution in [3.8, 4) is 5.75 Å². The van der Waals surface area contributed by atoms with Gasteiger partial charge in [0.25, 0.3) is 5.69 Å². The monoisotopic (exact) mass is 385 g/mol. The summed E-state index contributed by atoms with van der Waals surface area (Å²) >= 11 is 0. The summed E-state index contributed by atoms with van der Waals surface area (Å²) in [5, 5.41) is 14.0. The molecule has 1 aliphatic rings. The largest absolute Gasteiger partial charge is 0.496 e. The second-order valence-electron chi connectivity index (χ2n) is 6.52. The van der Waals surface area contributed by atoms with E-state index >= 15 is 0 Å². The number of benzene rings is 1. The number of ether oxygens (including phenoxy) is 1. The van der Waals surface area contributed by atoms with Gasteiger partial charge in [0.15, 0.2) is 0 Å². The highest BCUT2D eigenvalue weighted by atomic mass is 16.6. The number of methoxy groups -OCH3 is 1. The minimum Gasteiger partial charge on any atom is -0.496 e. The molecule has 1 aromatic carbocycles. The normalized spacial score (nSPS) is 15.7. The fraction of sp³-hybridized carbons (Fsp3) is 0.368. The van der Waals surface area contributed by atoms with Crippen molar-refractivity contribution in [3.05, 3.63) is 52.7 Å². The first-order valence-corrected chi connectivity index (χ1v) is 9.03. The van der Waals surface area contributed by atoms with Crippen LogP contribution >= 0.6 is 0 Å². The molecule has 1 aromatic heterocycles. The minimum atomic E-state index is -0.533. The highest BCUT2D eigenvalue weighted by Crippen LogP contribution is 2.29. The third kappa shape index (κ3) is 4.37. The van der Waals surface area contributed by atoms with Crippen LogP contribution in [0.2, 0.25) is 0 Å². The highest BCUT2D eigenvalue weighted by Gasteiger charge is 2.27. The first-order chi connectivity index (χ1) is 13.5. The molecule has 1 N–H and O–H groups in total. The molecule has 1 amide bonds. The molecule has 1 saturated heterocycles. The van der Waals surface area contributed by atoms with Crippen LogP contribution in [0.3, 0.4) is 0 Å². The maximum absolute atomic E-state index is 12.7. The molecule has 1 fully saturated rings. The van der Waals surface area contributed by atoms with Crippen LogP contribution in [-0.2, 0) is 4.79 Å². The third-order valence-electron chi connectivity index (χ3n) is 4.87. The predicted molar refractivity (Wildman–Crippen MR) is 106 cm³/mol. The van der Waals surface area contributed by atoms with Crippen molar-refractivity contribution in [2.75, 3.05) is 43.5 Å². The average molecular weight is 385 g/mol. The van der Waals surface area contributed by atoms with Gasteiger partial charge in [-0.1, -0.05) is 6.07 Å². The molecule has 0 radical (unpaired) electrons. The van der Waals surface area contributed by atoms with Crippen LogP contribution < -0.4 is 15.0 Å². The molecule has 28 heavy (non-hydrogen) atoms. The lowest BCUT2D eigenvalue weighted by atomic mass is 10.2. The molecule has 9 nitrogen and oxygen atoms in total. The van der Waals surface area contributed by atoms with Gasteiger partial charge in [0.1, 0.15) is 17.3 Å². The van der Waals surface area contributed by atoms with Crippen LogP contribution in [0.5, 0.6) is 5.75 Å². The van der Waals surface area contributed by atoms with Gasteiger partial charge in [0, 0.05) is 32.4 Å². The fourth-order valence-electron chi connectivity index (χ4n) is 3.18. The number of nitro benzene ring substituents is 1. The Morgan fingerprint density at radius 2 is 2.00 bits per heavy atom. The smallest absolute Gasteiger partial charge is 0.296 e. The molecule has 3 rings (SSSR count). The van der Waals surface area contributed by atoms with Gasteiger partial charge in [0.05, 0.1) is 24.1 Å². The first-order valence-electron chi connectivity index (χ1n) is 9.03. The quantitative estimate of drug-likeness (QED) is 0.600. The summed E-state index contributed by atoms with van der Waals surface area (Å²) in [7, 11) is 1.43. The van der Waals surface area contributed by atoms with Crippen molar-refractivity contribution in [3.63, 3.8) is 0 Å². The number of anilines is 2. The standard InChI is InChI=1S/C19H23N5O4/c1-14(22-9-11-23(12-10-22)18-5-3-4-8-20-18)19(25)21-16-7-6-15(28-2)13-17(16)24(26)27/h3-8,13-14H,9-12H2,1-2H3,(H,21,25)/t14-/m1/s1. The van der Waals surface area contributed by atoms with Gasteiger partial charge < -0.3 is 15.0 Å². The van der Waals surface area contributed by atoms with Gasteiger partial charge in [-0.3, -0.25) is 19.8 Å². The molecule has 0 aliphatic carbocycles. The number of aromatic nitrogens is 1. The summed E-state index contributed by atoms with van der Waals surface area (Å²) in [6.07, 6.45) is 1.76.